The lowest BCUT2D eigenvalue weighted by atomic mass is 9.97. The monoisotopic (exact) mass is 363 g/mol. The van der Waals surface area contributed by atoms with Crippen molar-refractivity contribution in [2.75, 3.05) is 13.1 Å². The van der Waals surface area contributed by atoms with Crippen LogP contribution in [0.2, 0.25) is 0 Å². The number of carbonyl (C=O) groups is 1. The number of aryl methyl sites for hydroxylation is 1. The summed E-state index contributed by atoms with van der Waals surface area (Å²) in [7, 11) is 0. The molecule has 0 bridgehead atoms. The molecular formula is C21H21N3O3. The second-order valence-corrected chi connectivity index (χ2v) is 6.79. The van der Waals surface area contributed by atoms with Crippen molar-refractivity contribution in [3.05, 3.63) is 71.6 Å². The van der Waals surface area contributed by atoms with Gasteiger partial charge in [0.05, 0.1) is 5.92 Å². The van der Waals surface area contributed by atoms with Crippen molar-refractivity contribution >= 4 is 5.91 Å². The van der Waals surface area contributed by atoms with Crippen LogP contribution >= 0.6 is 0 Å². The zero-order valence-corrected chi connectivity index (χ0v) is 15.2. The molecule has 2 aromatic carbocycles. The van der Waals surface area contributed by atoms with E-state index in [1.807, 2.05) is 66.4 Å². The van der Waals surface area contributed by atoms with Crippen molar-refractivity contribution in [3.63, 3.8) is 0 Å². The SMILES string of the molecule is Cc1ccc(C(=O)N2CCCC(c3nc(Oc4ccccc4)no3)C2)cc1. The number of ether oxygens (including phenoxy) is 1. The highest BCUT2D eigenvalue weighted by molar-refractivity contribution is 5.94. The Kier molecular flexibility index (Phi) is 4.87. The Morgan fingerprint density at radius 2 is 1.93 bits per heavy atom. The predicted octanol–water partition coefficient (Wildman–Crippen LogP) is 4.19. The van der Waals surface area contributed by atoms with Gasteiger partial charge in [0, 0.05) is 18.7 Å². The molecule has 0 N–H and O–H groups in total. The predicted molar refractivity (Wildman–Crippen MR) is 99.9 cm³/mol. The fourth-order valence-electron chi connectivity index (χ4n) is 3.26. The van der Waals surface area contributed by atoms with Gasteiger partial charge in [-0.15, -0.1) is 0 Å². The minimum Gasteiger partial charge on any atom is -0.422 e. The zero-order valence-electron chi connectivity index (χ0n) is 15.2. The largest absolute Gasteiger partial charge is 0.422 e. The van der Waals surface area contributed by atoms with Crippen LogP contribution in [0.15, 0.2) is 59.1 Å². The maximum Gasteiger partial charge on any atom is 0.359 e. The van der Waals surface area contributed by atoms with E-state index in [1.54, 1.807) is 0 Å². The van der Waals surface area contributed by atoms with Crippen LogP contribution in [-0.2, 0) is 0 Å². The molecule has 1 atom stereocenters. The summed E-state index contributed by atoms with van der Waals surface area (Å²) in [6.07, 6.45) is 1.81. The van der Waals surface area contributed by atoms with Crippen LogP contribution in [0, 0.1) is 6.92 Å². The minimum atomic E-state index is 0.0220. The van der Waals surface area contributed by atoms with Crippen molar-refractivity contribution in [3.8, 4) is 11.8 Å². The number of piperidine rings is 1. The third kappa shape index (κ3) is 4.00. The van der Waals surface area contributed by atoms with Gasteiger partial charge in [-0.1, -0.05) is 35.9 Å². The quantitative estimate of drug-likeness (QED) is 0.695. The van der Waals surface area contributed by atoms with E-state index >= 15 is 0 Å². The van der Waals surface area contributed by atoms with E-state index in [2.05, 4.69) is 10.1 Å². The minimum absolute atomic E-state index is 0.0220. The van der Waals surface area contributed by atoms with Crippen LogP contribution in [0.5, 0.6) is 11.8 Å². The first-order valence-electron chi connectivity index (χ1n) is 9.11. The fraction of sp³-hybridized carbons (Fsp3) is 0.286. The summed E-state index contributed by atoms with van der Waals surface area (Å²) in [4.78, 5) is 19.0. The number of rotatable bonds is 4. The Balaban J connectivity index is 1.44. The number of aromatic nitrogens is 2. The molecule has 2 heterocycles. The van der Waals surface area contributed by atoms with Crippen molar-refractivity contribution in [1.29, 1.82) is 0 Å². The van der Waals surface area contributed by atoms with Crippen LogP contribution in [-0.4, -0.2) is 34.0 Å². The lowest BCUT2D eigenvalue weighted by Crippen LogP contribution is -2.39. The summed E-state index contributed by atoms with van der Waals surface area (Å²) in [5.74, 6) is 1.24. The number of carbonyl (C=O) groups excluding carboxylic acids is 1. The van der Waals surface area contributed by atoms with Crippen molar-refractivity contribution in [2.45, 2.75) is 25.7 Å². The number of likely N-dealkylation sites (tertiary alicyclic amines) is 1. The molecule has 138 valence electrons. The molecule has 1 aliphatic rings. The van der Waals surface area contributed by atoms with E-state index in [0.717, 1.165) is 24.9 Å². The van der Waals surface area contributed by atoms with E-state index in [0.29, 0.717) is 23.7 Å². The first-order chi connectivity index (χ1) is 13.2. The van der Waals surface area contributed by atoms with Crippen LogP contribution in [0.4, 0.5) is 0 Å². The standard InChI is InChI=1S/C21H21N3O3/c1-15-9-11-16(12-10-15)20(25)24-13-5-6-17(14-24)19-22-21(23-27-19)26-18-7-3-2-4-8-18/h2-4,7-12,17H,5-6,13-14H2,1H3. The van der Waals surface area contributed by atoms with Crippen molar-refractivity contribution in [2.24, 2.45) is 0 Å². The van der Waals surface area contributed by atoms with Crippen LogP contribution in [0.25, 0.3) is 0 Å². The molecule has 0 spiro atoms. The van der Waals surface area contributed by atoms with Gasteiger partial charge in [0.1, 0.15) is 5.75 Å². The summed E-state index contributed by atoms with van der Waals surface area (Å²) in [5, 5.41) is 3.91. The molecule has 1 amide bonds. The number of hydrogen-bond donors (Lipinski definition) is 0. The third-order valence-corrected chi connectivity index (χ3v) is 4.73. The summed E-state index contributed by atoms with van der Waals surface area (Å²) in [6.45, 7) is 3.32. The average Bonchev–Trinajstić information content (AvgIpc) is 3.17. The van der Waals surface area contributed by atoms with E-state index < -0.39 is 0 Å². The molecule has 1 fully saturated rings. The molecule has 27 heavy (non-hydrogen) atoms. The topological polar surface area (TPSA) is 68.5 Å². The molecule has 1 aliphatic heterocycles. The van der Waals surface area contributed by atoms with Gasteiger partial charge in [0.25, 0.3) is 5.91 Å². The molecule has 1 saturated heterocycles. The lowest BCUT2D eigenvalue weighted by Gasteiger charge is -2.31. The second-order valence-electron chi connectivity index (χ2n) is 6.79. The summed E-state index contributed by atoms with van der Waals surface area (Å²) in [5.41, 5.74) is 1.85. The van der Waals surface area contributed by atoms with Crippen LogP contribution < -0.4 is 4.74 Å². The highest BCUT2D eigenvalue weighted by atomic mass is 16.6. The van der Waals surface area contributed by atoms with Gasteiger partial charge in [-0.25, -0.2) is 0 Å². The zero-order chi connectivity index (χ0) is 18.6. The maximum atomic E-state index is 12.8. The van der Waals surface area contributed by atoms with Gasteiger partial charge >= 0.3 is 6.01 Å². The highest BCUT2D eigenvalue weighted by Gasteiger charge is 2.29. The number of benzene rings is 2. The van der Waals surface area contributed by atoms with E-state index in [9.17, 15) is 4.79 Å². The number of amides is 1. The summed E-state index contributed by atoms with van der Waals surface area (Å²) in [6, 6.07) is 17.2. The number of hydrogen-bond acceptors (Lipinski definition) is 5. The van der Waals surface area contributed by atoms with Gasteiger partial charge in [-0.05, 0) is 49.2 Å². The van der Waals surface area contributed by atoms with Gasteiger partial charge in [0.2, 0.25) is 5.89 Å². The summed E-state index contributed by atoms with van der Waals surface area (Å²) < 4.78 is 11.0. The van der Waals surface area contributed by atoms with Crippen molar-refractivity contribution in [1.82, 2.24) is 15.0 Å². The van der Waals surface area contributed by atoms with Gasteiger partial charge in [-0.3, -0.25) is 4.79 Å². The number of nitrogens with zero attached hydrogens (tertiary/aromatic N) is 3. The maximum absolute atomic E-state index is 12.8. The lowest BCUT2D eigenvalue weighted by molar-refractivity contribution is 0.0695. The Hall–Kier alpha value is -3.15. The normalized spacial score (nSPS) is 16.9. The Morgan fingerprint density at radius 1 is 1.15 bits per heavy atom. The first-order valence-corrected chi connectivity index (χ1v) is 9.11. The van der Waals surface area contributed by atoms with E-state index in [4.69, 9.17) is 9.26 Å². The summed E-state index contributed by atoms with van der Waals surface area (Å²) >= 11 is 0. The molecule has 0 saturated carbocycles. The molecule has 0 aliphatic carbocycles. The molecule has 6 heteroatoms. The smallest absolute Gasteiger partial charge is 0.359 e. The molecule has 4 rings (SSSR count). The van der Waals surface area contributed by atoms with E-state index in [1.165, 1.54) is 0 Å². The Bertz CT molecular complexity index is 906. The van der Waals surface area contributed by atoms with Gasteiger partial charge < -0.3 is 14.2 Å². The molecule has 1 aromatic heterocycles. The van der Waals surface area contributed by atoms with Gasteiger partial charge in [0.15, 0.2) is 0 Å². The average molecular weight is 363 g/mol. The Labute approximate surface area is 157 Å². The molecule has 6 nitrogen and oxygen atoms in total. The van der Waals surface area contributed by atoms with E-state index in [-0.39, 0.29) is 17.8 Å². The second kappa shape index (κ2) is 7.61. The molecule has 0 radical (unpaired) electrons. The van der Waals surface area contributed by atoms with Crippen molar-refractivity contribution < 1.29 is 14.1 Å². The van der Waals surface area contributed by atoms with Crippen LogP contribution in [0.3, 0.4) is 0 Å². The molecule has 1 unspecified atom stereocenters. The van der Waals surface area contributed by atoms with Crippen LogP contribution in [0.1, 0.15) is 40.6 Å². The first kappa shape index (κ1) is 17.3. The Morgan fingerprint density at radius 3 is 2.70 bits per heavy atom. The third-order valence-electron chi connectivity index (χ3n) is 4.73. The number of para-hydroxylation sites is 1. The fourth-order valence-corrected chi connectivity index (χ4v) is 3.26. The van der Waals surface area contributed by atoms with Gasteiger partial charge in [-0.2, -0.15) is 4.98 Å². The molecular weight excluding hydrogens is 342 g/mol. The highest BCUT2D eigenvalue weighted by Crippen LogP contribution is 2.28. The molecule has 3 aromatic rings.